The lowest BCUT2D eigenvalue weighted by molar-refractivity contribution is -0.136. The average Bonchev–Trinajstić information content (AvgIpc) is 3.03. The van der Waals surface area contributed by atoms with Crippen LogP contribution in [0.25, 0.3) is 0 Å². The predicted octanol–water partition coefficient (Wildman–Crippen LogP) is 2.89. The zero-order valence-electron chi connectivity index (χ0n) is 14.5. The van der Waals surface area contributed by atoms with E-state index in [9.17, 15) is 9.18 Å². The second kappa shape index (κ2) is 7.54. The number of hydrogen-bond acceptors (Lipinski definition) is 3. The normalized spacial score (nSPS) is 16.9. The molecule has 1 fully saturated rings. The molecule has 1 aromatic heterocycles. The third kappa shape index (κ3) is 4.02. The summed E-state index contributed by atoms with van der Waals surface area (Å²) in [6, 6.07) is 6.08. The van der Waals surface area contributed by atoms with Gasteiger partial charge < -0.3 is 4.90 Å². The van der Waals surface area contributed by atoms with E-state index in [4.69, 9.17) is 11.6 Å². The lowest BCUT2D eigenvalue weighted by Gasteiger charge is -2.36. The van der Waals surface area contributed by atoms with E-state index in [1.54, 1.807) is 16.9 Å². The topological polar surface area (TPSA) is 41.4 Å². The summed E-state index contributed by atoms with van der Waals surface area (Å²) in [5.41, 5.74) is 1.88. The van der Waals surface area contributed by atoms with Crippen molar-refractivity contribution in [1.29, 1.82) is 0 Å². The van der Waals surface area contributed by atoms with Gasteiger partial charge in [-0.1, -0.05) is 17.7 Å². The first kappa shape index (κ1) is 17.9. The highest BCUT2D eigenvalue weighted by Crippen LogP contribution is 2.20. The first-order chi connectivity index (χ1) is 12.0. The standard InChI is InChI=1S/C18H22ClFN4O/c1-13-5-6-21-24(13)14(2)18(25)23-9-7-22(8-10-23)12-15-3-4-16(20)11-17(15)19/h3-6,11,14H,7-10,12H2,1-2H3. The number of aryl methyl sites for hydroxylation is 1. The molecule has 7 heteroatoms. The van der Waals surface area contributed by atoms with Gasteiger partial charge in [-0.05, 0) is 37.6 Å². The lowest BCUT2D eigenvalue weighted by atomic mass is 10.2. The number of benzene rings is 1. The Labute approximate surface area is 152 Å². The molecule has 134 valence electrons. The molecule has 0 bridgehead atoms. The van der Waals surface area contributed by atoms with E-state index < -0.39 is 0 Å². The Balaban J connectivity index is 1.56. The highest BCUT2D eigenvalue weighted by molar-refractivity contribution is 6.31. The zero-order chi connectivity index (χ0) is 18.0. The number of nitrogens with zero attached hydrogens (tertiary/aromatic N) is 4. The Bertz CT molecular complexity index is 755. The second-order valence-corrected chi connectivity index (χ2v) is 6.84. The minimum Gasteiger partial charge on any atom is -0.338 e. The van der Waals surface area contributed by atoms with Crippen molar-refractivity contribution in [1.82, 2.24) is 19.6 Å². The molecule has 1 aromatic carbocycles. The van der Waals surface area contributed by atoms with Crippen molar-refractivity contribution in [2.45, 2.75) is 26.4 Å². The molecule has 1 aliphatic rings. The Kier molecular flexibility index (Phi) is 5.39. The third-order valence-corrected chi connectivity index (χ3v) is 5.04. The third-order valence-electron chi connectivity index (χ3n) is 4.69. The molecule has 1 amide bonds. The second-order valence-electron chi connectivity index (χ2n) is 6.43. The van der Waals surface area contributed by atoms with Crippen LogP contribution in [0.15, 0.2) is 30.5 Å². The van der Waals surface area contributed by atoms with Crippen molar-refractivity contribution in [3.63, 3.8) is 0 Å². The van der Waals surface area contributed by atoms with Gasteiger partial charge in [0.1, 0.15) is 11.9 Å². The van der Waals surface area contributed by atoms with E-state index in [-0.39, 0.29) is 17.8 Å². The SMILES string of the molecule is Cc1ccnn1C(C)C(=O)N1CCN(Cc2ccc(F)cc2Cl)CC1. The summed E-state index contributed by atoms with van der Waals surface area (Å²) in [4.78, 5) is 16.8. The Morgan fingerprint density at radius 3 is 2.60 bits per heavy atom. The summed E-state index contributed by atoms with van der Waals surface area (Å²) in [6.45, 7) is 7.36. The van der Waals surface area contributed by atoms with Gasteiger partial charge in [0, 0.05) is 49.6 Å². The van der Waals surface area contributed by atoms with Crippen LogP contribution in [0, 0.1) is 12.7 Å². The van der Waals surface area contributed by atoms with Gasteiger partial charge in [-0.2, -0.15) is 5.10 Å². The van der Waals surface area contributed by atoms with Crippen LogP contribution in [-0.4, -0.2) is 51.7 Å². The number of carbonyl (C=O) groups is 1. The van der Waals surface area contributed by atoms with Crippen LogP contribution < -0.4 is 0 Å². The number of rotatable bonds is 4. The minimum atomic E-state index is -0.327. The minimum absolute atomic E-state index is 0.0891. The molecule has 25 heavy (non-hydrogen) atoms. The Morgan fingerprint density at radius 2 is 2.00 bits per heavy atom. The summed E-state index contributed by atoms with van der Waals surface area (Å²) >= 11 is 6.10. The fraction of sp³-hybridized carbons (Fsp3) is 0.444. The molecule has 5 nitrogen and oxygen atoms in total. The molecular formula is C18H22ClFN4O. The van der Waals surface area contributed by atoms with Crippen molar-refractivity contribution in [3.05, 3.63) is 52.6 Å². The van der Waals surface area contributed by atoms with Crippen LogP contribution in [0.3, 0.4) is 0 Å². The molecule has 0 spiro atoms. The number of piperazine rings is 1. The van der Waals surface area contributed by atoms with Gasteiger partial charge in [0.15, 0.2) is 0 Å². The van der Waals surface area contributed by atoms with Crippen molar-refractivity contribution in [2.24, 2.45) is 0 Å². The maximum Gasteiger partial charge on any atom is 0.247 e. The Hall–Kier alpha value is -1.92. The fourth-order valence-electron chi connectivity index (χ4n) is 3.17. The van der Waals surface area contributed by atoms with E-state index in [1.807, 2.05) is 24.8 Å². The van der Waals surface area contributed by atoms with Gasteiger partial charge >= 0.3 is 0 Å². The van der Waals surface area contributed by atoms with Gasteiger partial charge in [-0.3, -0.25) is 14.4 Å². The average molecular weight is 365 g/mol. The van der Waals surface area contributed by atoms with E-state index in [1.165, 1.54) is 12.1 Å². The molecule has 2 aromatic rings. The highest BCUT2D eigenvalue weighted by atomic mass is 35.5. The molecule has 2 heterocycles. The van der Waals surface area contributed by atoms with Crippen molar-refractivity contribution in [3.8, 4) is 0 Å². The van der Waals surface area contributed by atoms with Crippen LogP contribution in [0.5, 0.6) is 0 Å². The first-order valence-electron chi connectivity index (χ1n) is 8.41. The van der Waals surface area contributed by atoms with E-state index in [0.717, 1.165) is 24.3 Å². The van der Waals surface area contributed by atoms with Crippen molar-refractivity contribution >= 4 is 17.5 Å². The zero-order valence-corrected chi connectivity index (χ0v) is 15.2. The number of halogens is 2. The monoisotopic (exact) mass is 364 g/mol. The van der Waals surface area contributed by atoms with Crippen LogP contribution in [0.1, 0.15) is 24.2 Å². The van der Waals surface area contributed by atoms with Gasteiger partial charge in [-0.15, -0.1) is 0 Å². The van der Waals surface area contributed by atoms with Crippen molar-refractivity contribution < 1.29 is 9.18 Å². The molecule has 3 rings (SSSR count). The van der Waals surface area contributed by atoms with E-state index >= 15 is 0 Å². The van der Waals surface area contributed by atoms with Crippen LogP contribution in [-0.2, 0) is 11.3 Å². The molecule has 0 aliphatic carbocycles. The smallest absolute Gasteiger partial charge is 0.247 e. The summed E-state index contributed by atoms with van der Waals surface area (Å²) in [5.74, 6) is -0.238. The number of hydrogen-bond donors (Lipinski definition) is 0. The van der Waals surface area contributed by atoms with Gasteiger partial charge in [0.25, 0.3) is 0 Å². The van der Waals surface area contributed by atoms with Crippen LogP contribution in [0.4, 0.5) is 4.39 Å². The largest absolute Gasteiger partial charge is 0.338 e. The van der Waals surface area contributed by atoms with Crippen LogP contribution >= 0.6 is 11.6 Å². The van der Waals surface area contributed by atoms with Crippen molar-refractivity contribution in [2.75, 3.05) is 26.2 Å². The quantitative estimate of drug-likeness (QED) is 0.837. The maximum atomic E-state index is 13.1. The summed E-state index contributed by atoms with van der Waals surface area (Å²) < 4.78 is 14.9. The lowest BCUT2D eigenvalue weighted by Crippen LogP contribution is -2.50. The molecule has 1 aliphatic heterocycles. The Morgan fingerprint density at radius 1 is 1.28 bits per heavy atom. The molecule has 1 atom stereocenters. The predicted molar refractivity (Wildman–Crippen MR) is 94.9 cm³/mol. The molecule has 0 N–H and O–H groups in total. The molecule has 1 saturated heterocycles. The van der Waals surface area contributed by atoms with Gasteiger partial charge in [0.05, 0.1) is 0 Å². The molecule has 0 radical (unpaired) electrons. The maximum absolute atomic E-state index is 13.1. The van der Waals surface area contributed by atoms with E-state index in [2.05, 4.69) is 10.00 Å². The summed E-state index contributed by atoms with van der Waals surface area (Å²) in [6.07, 6.45) is 1.71. The number of aromatic nitrogens is 2. The number of carbonyl (C=O) groups excluding carboxylic acids is 1. The first-order valence-corrected chi connectivity index (χ1v) is 8.78. The molecule has 1 unspecified atom stereocenters. The van der Waals surface area contributed by atoms with E-state index in [0.29, 0.717) is 24.7 Å². The number of amides is 1. The summed E-state index contributed by atoms with van der Waals surface area (Å²) in [7, 11) is 0. The van der Waals surface area contributed by atoms with Crippen LogP contribution in [0.2, 0.25) is 5.02 Å². The molecule has 0 saturated carbocycles. The summed E-state index contributed by atoms with van der Waals surface area (Å²) in [5, 5.41) is 4.68. The van der Waals surface area contributed by atoms with Gasteiger partial charge in [-0.25, -0.2) is 4.39 Å². The highest BCUT2D eigenvalue weighted by Gasteiger charge is 2.26. The van der Waals surface area contributed by atoms with Gasteiger partial charge in [0.2, 0.25) is 5.91 Å². The molecular weight excluding hydrogens is 343 g/mol. The fourth-order valence-corrected chi connectivity index (χ4v) is 3.40.